The highest BCUT2D eigenvalue weighted by Crippen LogP contribution is 2.35. The van der Waals surface area contributed by atoms with E-state index < -0.39 is 4.92 Å². The van der Waals surface area contributed by atoms with E-state index in [2.05, 4.69) is 0 Å². The molecule has 1 aromatic heterocycles. The number of carbonyl (C=O) groups excluding carboxylic acids is 1. The summed E-state index contributed by atoms with van der Waals surface area (Å²) < 4.78 is 11.2. The predicted octanol–water partition coefficient (Wildman–Crippen LogP) is 3.71. The fourth-order valence-electron chi connectivity index (χ4n) is 1.67. The largest absolute Gasteiger partial charge is 0.493 e. The smallest absolute Gasteiger partial charge is 0.283 e. The quantitative estimate of drug-likeness (QED) is 0.459. The summed E-state index contributed by atoms with van der Waals surface area (Å²) in [7, 11) is 1.39. The van der Waals surface area contributed by atoms with Gasteiger partial charge in [0.1, 0.15) is 6.61 Å². The van der Waals surface area contributed by atoms with Crippen molar-refractivity contribution < 1.29 is 19.2 Å². The second-order valence-corrected chi connectivity index (χ2v) is 5.73. The molecule has 0 aliphatic rings. The topological polar surface area (TPSA) is 78.7 Å². The van der Waals surface area contributed by atoms with Crippen molar-refractivity contribution in [3.05, 3.63) is 49.2 Å². The number of carbonyl (C=O) groups is 1. The molecule has 0 radical (unpaired) electrons. The fourth-order valence-corrected chi connectivity index (χ4v) is 2.67. The molecule has 0 aliphatic heterocycles. The van der Waals surface area contributed by atoms with Crippen molar-refractivity contribution in [1.82, 2.24) is 0 Å². The number of rotatable bonds is 6. The van der Waals surface area contributed by atoms with E-state index in [4.69, 9.17) is 21.1 Å². The zero-order chi connectivity index (χ0) is 15.4. The van der Waals surface area contributed by atoms with Crippen molar-refractivity contribution in [2.45, 2.75) is 6.61 Å². The molecule has 0 spiro atoms. The Balaban J connectivity index is 2.30. The van der Waals surface area contributed by atoms with E-state index in [0.717, 1.165) is 4.88 Å². The van der Waals surface area contributed by atoms with Crippen LogP contribution in [-0.2, 0) is 6.61 Å². The summed E-state index contributed by atoms with van der Waals surface area (Å²) in [6.07, 6.45) is 0.406. The second-order valence-electron chi connectivity index (χ2n) is 3.93. The lowest BCUT2D eigenvalue weighted by Gasteiger charge is -2.10. The first kappa shape index (κ1) is 15.3. The van der Waals surface area contributed by atoms with Crippen LogP contribution >= 0.6 is 22.9 Å². The molecule has 8 heteroatoms. The Kier molecular flexibility index (Phi) is 4.77. The van der Waals surface area contributed by atoms with E-state index in [1.165, 1.54) is 30.6 Å². The SMILES string of the molecule is COc1cc(C=O)c([N+](=O)[O-])cc1OCc1ccc(Cl)s1. The Labute approximate surface area is 129 Å². The molecule has 1 aromatic carbocycles. The minimum Gasteiger partial charge on any atom is -0.493 e. The summed E-state index contributed by atoms with van der Waals surface area (Å²) >= 11 is 7.17. The van der Waals surface area contributed by atoms with Gasteiger partial charge in [0.05, 0.1) is 28.0 Å². The zero-order valence-electron chi connectivity index (χ0n) is 10.9. The molecule has 0 saturated heterocycles. The molecule has 0 bridgehead atoms. The van der Waals surface area contributed by atoms with Crippen molar-refractivity contribution in [2.24, 2.45) is 0 Å². The van der Waals surface area contributed by atoms with Crippen molar-refractivity contribution in [2.75, 3.05) is 7.11 Å². The zero-order valence-corrected chi connectivity index (χ0v) is 12.4. The Hall–Kier alpha value is -2.12. The lowest BCUT2D eigenvalue weighted by molar-refractivity contribution is -0.385. The van der Waals surface area contributed by atoms with Gasteiger partial charge in [-0.2, -0.15) is 0 Å². The van der Waals surface area contributed by atoms with Crippen LogP contribution < -0.4 is 9.47 Å². The number of hydrogen-bond donors (Lipinski definition) is 0. The summed E-state index contributed by atoms with van der Waals surface area (Å²) in [6, 6.07) is 5.99. The van der Waals surface area contributed by atoms with Crippen LogP contribution in [0, 0.1) is 10.1 Å². The van der Waals surface area contributed by atoms with Crippen molar-refractivity contribution in [3.8, 4) is 11.5 Å². The number of nitro benzene ring substituents is 1. The molecule has 6 nitrogen and oxygen atoms in total. The average Bonchev–Trinajstić information content (AvgIpc) is 2.89. The average molecular weight is 328 g/mol. The first-order valence-corrected chi connectivity index (χ1v) is 6.93. The van der Waals surface area contributed by atoms with Crippen molar-refractivity contribution in [1.29, 1.82) is 0 Å². The molecule has 0 fully saturated rings. The van der Waals surface area contributed by atoms with Crippen molar-refractivity contribution in [3.63, 3.8) is 0 Å². The third kappa shape index (κ3) is 3.50. The number of hydrogen-bond acceptors (Lipinski definition) is 6. The van der Waals surface area contributed by atoms with Gasteiger partial charge in [-0.3, -0.25) is 14.9 Å². The molecule has 2 rings (SSSR count). The minimum absolute atomic E-state index is 0.0663. The normalized spacial score (nSPS) is 10.2. The second kappa shape index (κ2) is 6.55. The van der Waals surface area contributed by atoms with Crippen LogP contribution in [-0.4, -0.2) is 18.3 Å². The van der Waals surface area contributed by atoms with Crippen LogP contribution in [0.15, 0.2) is 24.3 Å². The number of nitrogens with zero attached hydrogens (tertiary/aromatic N) is 1. The molecule has 1 heterocycles. The molecule has 0 aliphatic carbocycles. The molecule has 0 N–H and O–H groups in total. The molecule has 21 heavy (non-hydrogen) atoms. The minimum atomic E-state index is -0.641. The van der Waals surface area contributed by atoms with Gasteiger partial charge in [0, 0.05) is 10.9 Å². The fraction of sp³-hybridized carbons (Fsp3) is 0.154. The standard InChI is InChI=1S/C13H10ClNO5S/c1-19-11-4-8(6-16)10(15(17)18)5-12(11)20-7-9-2-3-13(14)21-9/h2-6H,7H2,1H3. The van der Waals surface area contributed by atoms with E-state index in [0.29, 0.717) is 10.6 Å². The number of thiophene rings is 1. The summed E-state index contributed by atoms with van der Waals surface area (Å²) in [5.41, 5.74) is -0.395. The lowest BCUT2D eigenvalue weighted by Crippen LogP contribution is -2.00. The number of halogens is 1. The summed E-state index contributed by atoms with van der Waals surface area (Å²) in [6.45, 7) is 0.200. The highest BCUT2D eigenvalue weighted by molar-refractivity contribution is 7.16. The maximum absolute atomic E-state index is 10.9. The van der Waals surface area contributed by atoms with Crippen LogP contribution in [0.3, 0.4) is 0 Å². The van der Waals surface area contributed by atoms with E-state index in [1.807, 2.05) is 0 Å². The molecule has 2 aromatic rings. The number of benzene rings is 1. The van der Waals surface area contributed by atoms with Gasteiger partial charge in [0.25, 0.3) is 5.69 Å². The monoisotopic (exact) mass is 327 g/mol. The first-order valence-electron chi connectivity index (χ1n) is 5.73. The molecule has 0 unspecified atom stereocenters. The van der Waals surface area contributed by atoms with E-state index in [1.54, 1.807) is 12.1 Å². The number of methoxy groups -OCH3 is 1. The third-order valence-corrected chi connectivity index (χ3v) is 3.84. The van der Waals surface area contributed by atoms with Gasteiger partial charge in [-0.25, -0.2) is 0 Å². The highest BCUT2D eigenvalue weighted by Gasteiger charge is 2.19. The Bertz CT molecular complexity index is 685. The maximum atomic E-state index is 10.9. The van der Waals surface area contributed by atoms with Crippen LogP contribution in [0.1, 0.15) is 15.2 Å². The highest BCUT2D eigenvalue weighted by atomic mass is 35.5. The van der Waals surface area contributed by atoms with Gasteiger partial charge < -0.3 is 9.47 Å². The van der Waals surface area contributed by atoms with Crippen LogP contribution in [0.4, 0.5) is 5.69 Å². The maximum Gasteiger partial charge on any atom is 0.283 e. The number of aldehydes is 1. The van der Waals surface area contributed by atoms with Crippen molar-refractivity contribution >= 4 is 34.9 Å². The Morgan fingerprint density at radius 1 is 1.38 bits per heavy atom. The number of ether oxygens (including phenoxy) is 2. The Morgan fingerprint density at radius 3 is 2.67 bits per heavy atom. The van der Waals surface area contributed by atoms with Crippen LogP contribution in [0.25, 0.3) is 0 Å². The van der Waals surface area contributed by atoms with E-state index >= 15 is 0 Å². The number of nitro groups is 1. The molecule has 110 valence electrons. The summed E-state index contributed by atoms with van der Waals surface area (Å²) in [5, 5.41) is 10.9. The predicted molar refractivity (Wildman–Crippen MR) is 78.7 cm³/mol. The molecule has 0 saturated carbocycles. The van der Waals surface area contributed by atoms with Crippen LogP contribution in [0.2, 0.25) is 4.34 Å². The van der Waals surface area contributed by atoms with Crippen LogP contribution in [0.5, 0.6) is 11.5 Å². The van der Waals surface area contributed by atoms with Gasteiger partial charge in [-0.05, 0) is 12.1 Å². The summed E-state index contributed by atoms with van der Waals surface area (Å²) in [5.74, 6) is 0.449. The lowest BCUT2D eigenvalue weighted by atomic mass is 10.1. The van der Waals surface area contributed by atoms with Gasteiger partial charge in [0.15, 0.2) is 17.8 Å². The first-order chi connectivity index (χ1) is 10.0. The Morgan fingerprint density at radius 2 is 2.14 bits per heavy atom. The molecule has 0 amide bonds. The molecular weight excluding hydrogens is 318 g/mol. The van der Waals surface area contributed by atoms with Gasteiger partial charge in [0.2, 0.25) is 0 Å². The van der Waals surface area contributed by atoms with Gasteiger partial charge in [-0.1, -0.05) is 11.6 Å². The molecular formula is C13H10ClNO5S. The van der Waals surface area contributed by atoms with Gasteiger partial charge >= 0.3 is 0 Å². The molecule has 0 atom stereocenters. The summed E-state index contributed by atoms with van der Waals surface area (Å²) in [4.78, 5) is 22.0. The third-order valence-electron chi connectivity index (χ3n) is 2.64. The van der Waals surface area contributed by atoms with Gasteiger partial charge in [-0.15, -0.1) is 11.3 Å². The van der Waals surface area contributed by atoms with E-state index in [-0.39, 0.29) is 29.4 Å². The van der Waals surface area contributed by atoms with E-state index in [9.17, 15) is 14.9 Å².